The second-order valence-electron chi connectivity index (χ2n) is 6.97. The predicted molar refractivity (Wildman–Crippen MR) is 103 cm³/mol. The van der Waals surface area contributed by atoms with Crippen LogP contribution >= 0.6 is 0 Å². The number of nitrogens with one attached hydrogen (secondary N) is 1. The number of nitro groups is 1. The van der Waals surface area contributed by atoms with Crippen LogP contribution in [0.5, 0.6) is 0 Å². The summed E-state index contributed by atoms with van der Waals surface area (Å²) < 4.78 is 1.94. The molecule has 3 rings (SSSR count). The molecule has 2 aromatic rings. The molecule has 27 heavy (non-hydrogen) atoms. The number of carbonyl (C=O) groups is 1. The van der Waals surface area contributed by atoms with E-state index in [1.807, 2.05) is 29.1 Å². The van der Waals surface area contributed by atoms with Crippen molar-refractivity contribution in [2.24, 2.45) is 11.0 Å². The normalized spacial score (nSPS) is 16.3. The Morgan fingerprint density at radius 3 is 2.52 bits per heavy atom. The fourth-order valence-electron chi connectivity index (χ4n) is 3.59. The molecule has 7 heteroatoms. The van der Waals surface area contributed by atoms with Gasteiger partial charge in [-0.05, 0) is 42.2 Å². The Morgan fingerprint density at radius 2 is 1.89 bits per heavy atom. The Hall–Kier alpha value is -2.96. The van der Waals surface area contributed by atoms with Gasteiger partial charge in [0.2, 0.25) is 0 Å². The van der Waals surface area contributed by atoms with E-state index in [-0.39, 0.29) is 17.6 Å². The van der Waals surface area contributed by atoms with E-state index in [1.54, 1.807) is 12.1 Å². The zero-order chi connectivity index (χ0) is 19.1. The van der Waals surface area contributed by atoms with E-state index >= 15 is 0 Å². The van der Waals surface area contributed by atoms with Gasteiger partial charge in [0.25, 0.3) is 11.6 Å². The smallest absolute Gasteiger partial charge is 0.269 e. The van der Waals surface area contributed by atoms with Crippen LogP contribution in [0, 0.1) is 16.0 Å². The Labute approximate surface area is 158 Å². The second kappa shape index (κ2) is 9.12. The standard InChI is InChI=1S/C20H24N4O3/c25-20(22-21-15-17-8-10-18(11-9-17)24(26)27)19(23-12-4-5-13-23)14-16-6-2-1-3-7-16/h4-5,8-13,15-16,19H,1-3,6-7,14H2,(H,22,25). The largest absolute Gasteiger partial charge is 0.342 e. The number of aromatic nitrogens is 1. The molecule has 1 unspecified atom stereocenters. The highest BCUT2D eigenvalue weighted by Crippen LogP contribution is 2.31. The van der Waals surface area contributed by atoms with Gasteiger partial charge in [-0.1, -0.05) is 32.1 Å². The first-order valence-electron chi connectivity index (χ1n) is 9.33. The van der Waals surface area contributed by atoms with Gasteiger partial charge in [-0.3, -0.25) is 14.9 Å². The van der Waals surface area contributed by atoms with Crippen LogP contribution in [0.1, 0.15) is 50.1 Å². The van der Waals surface area contributed by atoms with Crippen LogP contribution in [0.2, 0.25) is 0 Å². The van der Waals surface area contributed by atoms with Crippen LogP contribution in [0.15, 0.2) is 53.9 Å². The second-order valence-corrected chi connectivity index (χ2v) is 6.97. The molecule has 1 aromatic carbocycles. The molecule has 0 saturated heterocycles. The summed E-state index contributed by atoms with van der Waals surface area (Å²) in [5.74, 6) is 0.422. The lowest BCUT2D eigenvalue weighted by molar-refractivity contribution is -0.384. The van der Waals surface area contributed by atoms with Crippen LogP contribution in [0.3, 0.4) is 0 Å². The monoisotopic (exact) mass is 368 g/mol. The first-order chi connectivity index (χ1) is 13.1. The maximum absolute atomic E-state index is 12.7. The van der Waals surface area contributed by atoms with Crippen molar-refractivity contribution in [3.05, 3.63) is 64.5 Å². The summed E-state index contributed by atoms with van der Waals surface area (Å²) in [6.07, 6.45) is 12.2. The van der Waals surface area contributed by atoms with Crippen molar-refractivity contribution in [3.63, 3.8) is 0 Å². The van der Waals surface area contributed by atoms with Gasteiger partial charge in [0.1, 0.15) is 6.04 Å². The highest BCUT2D eigenvalue weighted by Gasteiger charge is 2.25. The number of amides is 1. The summed E-state index contributed by atoms with van der Waals surface area (Å²) in [7, 11) is 0. The molecular formula is C20H24N4O3. The van der Waals surface area contributed by atoms with Crippen LogP contribution in [0.25, 0.3) is 0 Å². The average Bonchev–Trinajstić information content (AvgIpc) is 3.21. The molecule has 1 atom stereocenters. The van der Waals surface area contributed by atoms with Crippen molar-refractivity contribution >= 4 is 17.8 Å². The van der Waals surface area contributed by atoms with Crippen molar-refractivity contribution in [2.75, 3.05) is 0 Å². The molecule has 0 bridgehead atoms. The van der Waals surface area contributed by atoms with Crippen LogP contribution in [-0.2, 0) is 4.79 Å². The Balaban J connectivity index is 1.62. The van der Waals surface area contributed by atoms with E-state index in [0.29, 0.717) is 11.5 Å². The number of hydrogen-bond donors (Lipinski definition) is 1. The summed E-state index contributed by atoms with van der Waals surface area (Å²) in [6, 6.07) is 9.57. The molecule has 1 aliphatic carbocycles. The summed E-state index contributed by atoms with van der Waals surface area (Å²) in [6.45, 7) is 0. The van der Waals surface area contributed by atoms with E-state index in [1.165, 1.54) is 50.5 Å². The molecular weight excluding hydrogens is 344 g/mol. The average molecular weight is 368 g/mol. The van der Waals surface area contributed by atoms with Crippen molar-refractivity contribution in [1.82, 2.24) is 9.99 Å². The SMILES string of the molecule is O=C(NN=Cc1ccc([N+](=O)[O-])cc1)C(CC1CCCCC1)n1cccc1. The van der Waals surface area contributed by atoms with Crippen molar-refractivity contribution in [3.8, 4) is 0 Å². The first-order valence-corrected chi connectivity index (χ1v) is 9.33. The number of carbonyl (C=O) groups excluding carboxylic acids is 1. The number of nitrogens with zero attached hydrogens (tertiary/aromatic N) is 3. The van der Waals surface area contributed by atoms with E-state index in [2.05, 4.69) is 10.5 Å². The number of hydrogen-bond acceptors (Lipinski definition) is 4. The molecule has 0 aliphatic heterocycles. The molecule has 1 N–H and O–H groups in total. The third kappa shape index (κ3) is 5.26. The molecule has 0 spiro atoms. The lowest BCUT2D eigenvalue weighted by Crippen LogP contribution is -2.31. The first kappa shape index (κ1) is 18.8. The quantitative estimate of drug-likeness (QED) is 0.454. The summed E-state index contributed by atoms with van der Waals surface area (Å²) in [4.78, 5) is 22.9. The minimum absolute atomic E-state index is 0.0244. The van der Waals surface area contributed by atoms with Crippen molar-refractivity contribution < 1.29 is 9.72 Å². The zero-order valence-electron chi connectivity index (χ0n) is 15.2. The molecule has 1 saturated carbocycles. The van der Waals surface area contributed by atoms with Gasteiger partial charge in [-0.25, -0.2) is 5.43 Å². The molecule has 1 aliphatic rings. The van der Waals surface area contributed by atoms with Gasteiger partial charge in [0, 0.05) is 24.5 Å². The summed E-state index contributed by atoms with van der Waals surface area (Å²) >= 11 is 0. The molecule has 7 nitrogen and oxygen atoms in total. The topological polar surface area (TPSA) is 89.5 Å². The fourth-order valence-corrected chi connectivity index (χ4v) is 3.59. The Kier molecular flexibility index (Phi) is 6.35. The molecule has 142 valence electrons. The minimum Gasteiger partial charge on any atom is -0.342 e. The summed E-state index contributed by atoms with van der Waals surface area (Å²) in [5, 5.41) is 14.7. The molecule has 1 fully saturated rings. The van der Waals surface area contributed by atoms with Crippen molar-refractivity contribution in [2.45, 2.75) is 44.6 Å². The Morgan fingerprint density at radius 1 is 1.22 bits per heavy atom. The van der Waals surface area contributed by atoms with Gasteiger partial charge in [0.05, 0.1) is 11.1 Å². The van der Waals surface area contributed by atoms with Gasteiger partial charge in [-0.2, -0.15) is 5.10 Å². The maximum Gasteiger partial charge on any atom is 0.269 e. The van der Waals surface area contributed by atoms with Gasteiger partial charge >= 0.3 is 0 Å². The van der Waals surface area contributed by atoms with Gasteiger partial charge in [-0.15, -0.1) is 0 Å². The lowest BCUT2D eigenvalue weighted by Gasteiger charge is -2.26. The van der Waals surface area contributed by atoms with E-state index in [4.69, 9.17) is 0 Å². The minimum atomic E-state index is -0.449. The van der Waals surface area contributed by atoms with Crippen molar-refractivity contribution in [1.29, 1.82) is 0 Å². The lowest BCUT2D eigenvalue weighted by atomic mass is 9.84. The van der Waals surface area contributed by atoms with Crippen LogP contribution in [0.4, 0.5) is 5.69 Å². The molecule has 1 heterocycles. The van der Waals surface area contributed by atoms with E-state index in [9.17, 15) is 14.9 Å². The number of rotatable bonds is 7. The van der Waals surface area contributed by atoms with E-state index in [0.717, 1.165) is 6.42 Å². The third-order valence-electron chi connectivity index (χ3n) is 5.06. The maximum atomic E-state index is 12.7. The highest BCUT2D eigenvalue weighted by molar-refractivity contribution is 5.84. The number of non-ortho nitro benzene ring substituents is 1. The number of hydrazone groups is 1. The third-order valence-corrected chi connectivity index (χ3v) is 5.06. The highest BCUT2D eigenvalue weighted by atomic mass is 16.6. The van der Waals surface area contributed by atoms with Crippen LogP contribution in [-0.4, -0.2) is 21.6 Å². The number of benzene rings is 1. The molecule has 1 amide bonds. The molecule has 0 radical (unpaired) electrons. The zero-order valence-corrected chi connectivity index (χ0v) is 15.2. The molecule has 1 aromatic heterocycles. The van der Waals surface area contributed by atoms with Gasteiger partial charge < -0.3 is 4.57 Å². The fraction of sp³-hybridized carbons (Fsp3) is 0.400. The summed E-state index contributed by atoms with van der Waals surface area (Å²) in [5.41, 5.74) is 3.33. The van der Waals surface area contributed by atoms with Crippen LogP contribution < -0.4 is 5.43 Å². The van der Waals surface area contributed by atoms with E-state index < -0.39 is 4.92 Å². The predicted octanol–water partition coefficient (Wildman–Crippen LogP) is 4.06. The number of nitro benzene ring substituents is 1. The van der Waals surface area contributed by atoms with Gasteiger partial charge in [0.15, 0.2) is 0 Å². The Bertz CT molecular complexity index is 778.